The van der Waals surface area contributed by atoms with Gasteiger partial charge in [-0.2, -0.15) is 4.65 Å². The number of aliphatic hydroxyl groups excluding tert-OH is 1. The van der Waals surface area contributed by atoms with Gasteiger partial charge >= 0.3 is 0 Å². The minimum Gasteiger partial charge on any atom is -0.387 e. The maximum Gasteiger partial charge on any atom is 0.217 e. The molecule has 1 heterocycles. The Hall–Kier alpha value is -2.35. The Morgan fingerprint density at radius 2 is 1.85 bits per heavy atom. The van der Waals surface area contributed by atoms with Gasteiger partial charge in [-0.3, -0.25) is 4.79 Å². The second-order valence-electron chi connectivity index (χ2n) is 7.04. The van der Waals surface area contributed by atoms with Crippen LogP contribution in [0.1, 0.15) is 36.6 Å². The van der Waals surface area contributed by atoms with Crippen LogP contribution in [0.4, 0.5) is 8.78 Å². The van der Waals surface area contributed by atoms with Crippen LogP contribution in [0.15, 0.2) is 48.5 Å². The van der Waals surface area contributed by atoms with E-state index in [0.717, 1.165) is 17.7 Å². The number of rotatable bonds is 5. The van der Waals surface area contributed by atoms with Crippen molar-refractivity contribution in [2.75, 3.05) is 13.1 Å². The molecule has 1 fully saturated rings. The fourth-order valence-corrected chi connectivity index (χ4v) is 3.84. The standard InChI is InChI=1S/C20H22F2N2O3/c1-13(25)23-19(14-5-3-2-4-6-14)20(24(27)10-9-16(26)12-24)15-7-8-17(21)18(22)11-15/h2-8,11,16,19-20,26-27H,9-10,12H2,1H3/p+1/t16-,19-,20?,24?/m0/s1. The molecule has 1 saturated heterocycles. The highest BCUT2D eigenvalue weighted by molar-refractivity contribution is 5.73. The molecule has 1 aliphatic rings. The second-order valence-corrected chi connectivity index (χ2v) is 7.04. The number of hydroxylamine groups is 3. The summed E-state index contributed by atoms with van der Waals surface area (Å²) >= 11 is 0. The van der Waals surface area contributed by atoms with Gasteiger partial charge in [0.2, 0.25) is 5.91 Å². The predicted molar refractivity (Wildman–Crippen MR) is 94.5 cm³/mol. The number of nitrogens with one attached hydrogen (secondary N) is 1. The zero-order valence-electron chi connectivity index (χ0n) is 15.0. The third-order valence-corrected chi connectivity index (χ3v) is 5.01. The minimum absolute atomic E-state index is 0.0343. The smallest absolute Gasteiger partial charge is 0.217 e. The van der Waals surface area contributed by atoms with E-state index in [4.69, 9.17) is 0 Å². The van der Waals surface area contributed by atoms with Crippen molar-refractivity contribution in [3.05, 3.63) is 71.3 Å². The summed E-state index contributed by atoms with van der Waals surface area (Å²) in [5.74, 6) is -2.33. The average molecular weight is 377 g/mol. The van der Waals surface area contributed by atoms with Crippen LogP contribution in [-0.4, -0.2) is 40.1 Å². The van der Waals surface area contributed by atoms with Crippen molar-refractivity contribution in [1.29, 1.82) is 0 Å². The number of hydrogen-bond donors (Lipinski definition) is 3. The van der Waals surface area contributed by atoms with E-state index in [2.05, 4.69) is 5.32 Å². The summed E-state index contributed by atoms with van der Waals surface area (Å²) in [6, 6.07) is 11.0. The first kappa shape index (κ1) is 19.4. The van der Waals surface area contributed by atoms with Gasteiger partial charge in [-0.25, -0.2) is 14.0 Å². The van der Waals surface area contributed by atoms with E-state index in [1.54, 1.807) is 24.3 Å². The van der Waals surface area contributed by atoms with Crippen molar-refractivity contribution in [2.24, 2.45) is 0 Å². The molecular weight excluding hydrogens is 354 g/mol. The van der Waals surface area contributed by atoms with Crippen LogP contribution >= 0.6 is 0 Å². The Balaban J connectivity index is 2.14. The van der Waals surface area contributed by atoms with Gasteiger partial charge in [0.1, 0.15) is 25.2 Å². The lowest BCUT2D eigenvalue weighted by molar-refractivity contribution is -1.12. The van der Waals surface area contributed by atoms with Crippen LogP contribution in [-0.2, 0) is 4.79 Å². The Kier molecular flexibility index (Phi) is 5.55. The molecule has 0 spiro atoms. The van der Waals surface area contributed by atoms with Gasteiger partial charge in [0, 0.05) is 18.9 Å². The number of amides is 1. The first-order chi connectivity index (χ1) is 12.8. The van der Waals surface area contributed by atoms with Gasteiger partial charge < -0.3 is 10.4 Å². The quantitative estimate of drug-likeness (QED) is 0.702. The summed E-state index contributed by atoms with van der Waals surface area (Å²) in [5, 5.41) is 24.1. The molecule has 144 valence electrons. The minimum atomic E-state index is -1.03. The highest BCUT2D eigenvalue weighted by Crippen LogP contribution is 2.41. The number of halogens is 2. The van der Waals surface area contributed by atoms with E-state index >= 15 is 0 Å². The molecule has 3 N–H and O–H groups in total. The van der Waals surface area contributed by atoms with Gasteiger partial charge in [-0.15, -0.1) is 0 Å². The molecule has 1 amide bonds. The van der Waals surface area contributed by atoms with E-state index in [1.165, 1.54) is 13.0 Å². The molecule has 2 aromatic rings. The number of likely N-dealkylation sites (tertiary alicyclic amines) is 1. The molecule has 0 aromatic heterocycles. The fraction of sp³-hybridized carbons (Fsp3) is 0.350. The van der Waals surface area contributed by atoms with E-state index in [1.807, 2.05) is 6.07 Å². The number of quaternary nitrogens is 1. The number of carbonyl (C=O) groups is 1. The SMILES string of the molecule is CC(=O)N[C@@H](c1ccccc1)C(c1ccc(F)c(F)c1)[N+]1(O)CC[C@H](O)C1. The predicted octanol–water partition coefficient (Wildman–Crippen LogP) is 2.85. The van der Waals surface area contributed by atoms with E-state index in [9.17, 15) is 23.9 Å². The van der Waals surface area contributed by atoms with Crippen LogP contribution in [0.25, 0.3) is 0 Å². The van der Waals surface area contributed by atoms with E-state index in [-0.39, 0.29) is 19.0 Å². The van der Waals surface area contributed by atoms with E-state index in [0.29, 0.717) is 12.0 Å². The molecule has 0 aliphatic carbocycles. The fourth-order valence-electron chi connectivity index (χ4n) is 3.84. The number of aliphatic hydroxyl groups is 1. The number of benzene rings is 2. The lowest BCUT2D eigenvalue weighted by Gasteiger charge is -2.39. The molecule has 2 aromatic carbocycles. The third-order valence-electron chi connectivity index (χ3n) is 5.01. The number of nitrogens with zero attached hydrogens (tertiary/aromatic N) is 1. The van der Waals surface area contributed by atoms with Crippen LogP contribution < -0.4 is 5.32 Å². The van der Waals surface area contributed by atoms with Crippen molar-refractivity contribution in [3.63, 3.8) is 0 Å². The highest BCUT2D eigenvalue weighted by Gasteiger charge is 2.49. The Bertz CT molecular complexity index is 818. The number of hydrogen-bond acceptors (Lipinski definition) is 3. The molecule has 0 bridgehead atoms. The third kappa shape index (κ3) is 4.16. The molecule has 4 atom stereocenters. The average Bonchev–Trinajstić information content (AvgIpc) is 2.97. The van der Waals surface area contributed by atoms with Crippen molar-refractivity contribution >= 4 is 5.91 Å². The molecule has 0 saturated carbocycles. The van der Waals surface area contributed by atoms with Crippen LogP contribution in [0.5, 0.6) is 0 Å². The monoisotopic (exact) mass is 377 g/mol. The molecular formula is C20H23F2N2O3+. The maximum absolute atomic E-state index is 14.0. The maximum atomic E-state index is 14.0. The molecule has 2 unspecified atom stereocenters. The Morgan fingerprint density at radius 1 is 1.15 bits per heavy atom. The van der Waals surface area contributed by atoms with Crippen molar-refractivity contribution < 1.29 is 28.5 Å². The lowest BCUT2D eigenvalue weighted by atomic mass is 9.91. The van der Waals surface area contributed by atoms with Gasteiger partial charge in [0.05, 0.1) is 0 Å². The molecule has 27 heavy (non-hydrogen) atoms. The zero-order chi connectivity index (χ0) is 19.6. The summed E-state index contributed by atoms with van der Waals surface area (Å²) in [7, 11) is 0. The number of carbonyl (C=O) groups excluding carboxylic acids is 1. The summed E-state index contributed by atoms with van der Waals surface area (Å²) in [6.07, 6.45) is -0.338. The van der Waals surface area contributed by atoms with Crippen molar-refractivity contribution in [2.45, 2.75) is 31.5 Å². The van der Waals surface area contributed by atoms with E-state index < -0.39 is 34.5 Å². The van der Waals surface area contributed by atoms with Crippen LogP contribution in [0, 0.1) is 11.6 Å². The van der Waals surface area contributed by atoms with Gasteiger partial charge in [0.25, 0.3) is 0 Å². The summed E-state index contributed by atoms with van der Waals surface area (Å²) in [6.45, 7) is 1.62. The molecule has 7 heteroatoms. The lowest BCUT2D eigenvalue weighted by Crippen LogP contribution is -2.51. The van der Waals surface area contributed by atoms with Crippen LogP contribution in [0.2, 0.25) is 0 Å². The Morgan fingerprint density at radius 3 is 2.41 bits per heavy atom. The Labute approximate surface area is 156 Å². The van der Waals surface area contributed by atoms with Crippen LogP contribution in [0.3, 0.4) is 0 Å². The summed E-state index contributed by atoms with van der Waals surface area (Å²) in [5.41, 5.74) is 1.06. The highest BCUT2D eigenvalue weighted by atomic mass is 19.2. The first-order valence-corrected chi connectivity index (χ1v) is 8.85. The summed E-state index contributed by atoms with van der Waals surface area (Å²) < 4.78 is 26.9. The van der Waals surface area contributed by atoms with Crippen molar-refractivity contribution in [3.8, 4) is 0 Å². The molecule has 1 aliphatic heterocycles. The topological polar surface area (TPSA) is 69.6 Å². The zero-order valence-corrected chi connectivity index (χ0v) is 15.0. The molecule has 3 rings (SSSR count). The first-order valence-electron chi connectivity index (χ1n) is 8.85. The largest absolute Gasteiger partial charge is 0.387 e. The molecule has 0 radical (unpaired) electrons. The normalized spacial score (nSPS) is 24.4. The van der Waals surface area contributed by atoms with Gasteiger partial charge in [0.15, 0.2) is 17.7 Å². The summed E-state index contributed by atoms with van der Waals surface area (Å²) in [4.78, 5) is 11.9. The van der Waals surface area contributed by atoms with Gasteiger partial charge in [-0.1, -0.05) is 30.3 Å². The second kappa shape index (κ2) is 7.72. The van der Waals surface area contributed by atoms with Gasteiger partial charge in [-0.05, 0) is 23.8 Å². The molecule has 5 nitrogen and oxygen atoms in total. The van der Waals surface area contributed by atoms with Crippen molar-refractivity contribution in [1.82, 2.24) is 5.32 Å².